The smallest absolute Gasteiger partial charge is 0.244 e. The van der Waals surface area contributed by atoms with Gasteiger partial charge in [-0.15, -0.1) is 0 Å². The average Bonchev–Trinajstić information content (AvgIpc) is 2.74. The highest BCUT2D eigenvalue weighted by Gasteiger charge is 2.22. The average molecular weight is 417 g/mol. The van der Waals surface area contributed by atoms with Gasteiger partial charge in [-0.2, -0.15) is 0 Å². The Labute approximate surface area is 175 Å². The highest BCUT2D eigenvalue weighted by atomic mass is 35.5. The molecule has 8 heteroatoms. The first kappa shape index (κ1) is 20.9. The van der Waals surface area contributed by atoms with Crippen molar-refractivity contribution in [2.45, 2.75) is 25.8 Å². The Kier molecular flexibility index (Phi) is 7.30. The highest BCUT2D eigenvalue weighted by molar-refractivity contribution is 6.32. The molecular weight excluding hydrogens is 392 g/mol. The molecule has 1 N–H and O–H groups in total. The van der Waals surface area contributed by atoms with E-state index >= 15 is 0 Å². The molecule has 0 aliphatic carbocycles. The van der Waals surface area contributed by atoms with Crippen molar-refractivity contribution < 1.29 is 14.3 Å². The molecular formula is C21H25ClN4O3. The van der Waals surface area contributed by atoms with E-state index in [9.17, 15) is 4.79 Å². The molecule has 3 rings (SSSR count). The summed E-state index contributed by atoms with van der Waals surface area (Å²) in [5, 5.41) is 3.49. The Bertz CT molecular complexity index is 861. The first-order valence-corrected chi connectivity index (χ1v) is 9.99. The molecule has 2 heterocycles. The highest BCUT2D eigenvalue weighted by Crippen LogP contribution is 2.36. The van der Waals surface area contributed by atoms with Gasteiger partial charge in [0.15, 0.2) is 11.5 Å². The van der Waals surface area contributed by atoms with Crippen LogP contribution < -0.4 is 19.7 Å². The van der Waals surface area contributed by atoms with E-state index in [1.807, 2.05) is 6.92 Å². The van der Waals surface area contributed by atoms with Crippen molar-refractivity contribution in [1.82, 2.24) is 15.3 Å². The maximum atomic E-state index is 12.4. The van der Waals surface area contributed by atoms with Gasteiger partial charge in [0.05, 0.1) is 18.7 Å². The standard InChI is InChI=1S/C21H25ClN4O3/c1-3-29-20-17(22)12-15(13-18(20)28-2)7-8-19(27)25-16-6-4-11-26(14-16)21-23-9-5-10-24-21/h5,7-10,12-13,16H,3-4,6,11,14H2,1-2H3,(H,25,27)/b8-7+. The number of piperidine rings is 1. The zero-order valence-corrected chi connectivity index (χ0v) is 17.4. The minimum atomic E-state index is -0.158. The molecule has 0 saturated carbocycles. The van der Waals surface area contributed by atoms with Gasteiger partial charge in [-0.3, -0.25) is 4.79 Å². The monoisotopic (exact) mass is 416 g/mol. The third kappa shape index (κ3) is 5.60. The molecule has 1 atom stereocenters. The summed E-state index contributed by atoms with van der Waals surface area (Å²) in [6, 6.07) is 5.37. The van der Waals surface area contributed by atoms with E-state index in [0.29, 0.717) is 35.6 Å². The maximum absolute atomic E-state index is 12.4. The Balaban J connectivity index is 1.61. The van der Waals surface area contributed by atoms with Gasteiger partial charge in [-0.1, -0.05) is 11.6 Å². The van der Waals surface area contributed by atoms with Crippen LogP contribution >= 0.6 is 11.6 Å². The number of rotatable bonds is 7. The number of nitrogens with zero attached hydrogens (tertiary/aromatic N) is 3. The zero-order valence-electron chi connectivity index (χ0n) is 16.6. The number of anilines is 1. The van der Waals surface area contributed by atoms with E-state index in [-0.39, 0.29) is 11.9 Å². The molecule has 7 nitrogen and oxygen atoms in total. The van der Waals surface area contributed by atoms with Crippen LogP contribution in [0.4, 0.5) is 5.95 Å². The fraction of sp³-hybridized carbons (Fsp3) is 0.381. The molecule has 1 aromatic heterocycles. The molecule has 1 aromatic carbocycles. The number of aromatic nitrogens is 2. The fourth-order valence-corrected chi connectivity index (χ4v) is 3.55. The van der Waals surface area contributed by atoms with Crippen LogP contribution in [-0.4, -0.2) is 48.7 Å². The topological polar surface area (TPSA) is 76.6 Å². The van der Waals surface area contributed by atoms with E-state index in [1.165, 1.54) is 6.08 Å². The summed E-state index contributed by atoms with van der Waals surface area (Å²) in [6.45, 7) is 3.94. The Morgan fingerprint density at radius 3 is 2.90 bits per heavy atom. The molecule has 0 bridgehead atoms. The third-order valence-corrected chi connectivity index (χ3v) is 4.85. The van der Waals surface area contributed by atoms with Crippen molar-refractivity contribution in [2.75, 3.05) is 31.7 Å². The number of hydrogen-bond donors (Lipinski definition) is 1. The van der Waals surface area contributed by atoms with E-state index in [1.54, 1.807) is 43.8 Å². The Hall–Kier alpha value is -2.80. The normalized spacial score (nSPS) is 16.7. The third-order valence-electron chi connectivity index (χ3n) is 4.57. The molecule has 1 aliphatic rings. The van der Waals surface area contributed by atoms with E-state index in [4.69, 9.17) is 21.1 Å². The second kappa shape index (κ2) is 10.1. The van der Waals surface area contributed by atoms with Gasteiger partial charge in [0, 0.05) is 37.6 Å². The van der Waals surface area contributed by atoms with Crippen molar-refractivity contribution in [2.24, 2.45) is 0 Å². The number of carbonyl (C=O) groups excluding carboxylic acids is 1. The number of ether oxygens (including phenoxy) is 2. The van der Waals surface area contributed by atoms with Crippen LogP contribution in [0, 0.1) is 0 Å². The number of carbonyl (C=O) groups is 1. The van der Waals surface area contributed by atoms with Crippen molar-refractivity contribution in [3.63, 3.8) is 0 Å². The van der Waals surface area contributed by atoms with E-state index in [2.05, 4.69) is 20.2 Å². The quantitative estimate of drug-likeness (QED) is 0.697. The van der Waals surface area contributed by atoms with Crippen LogP contribution in [0.2, 0.25) is 5.02 Å². The molecule has 29 heavy (non-hydrogen) atoms. The lowest BCUT2D eigenvalue weighted by molar-refractivity contribution is -0.117. The lowest BCUT2D eigenvalue weighted by atomic mass is 10.1. The minimum Gasteiger partial charge on any atom is -0.493 e. The maximum Gasteiger partial charge on any atom is 0.244 e. The summed E-state index contributed by atoms with van der Waals surface area (Å²) in [5.41, 5.74) is 0.758. The van der Waals surface area contributed by atoms with Gasteiger partial charge in [0.25, 0.3) is 0 Å². The van der Waals surface area contributed by atoms with Crippen LogP contribution in [0.1, 0.15) is 25.3 Å². The summed E-state index contributed by atoms with van der Waals surface area (Å²) in [7, 11) is 1.56. The van der Waals surface area contributed by atoms with E-state index in [0.717, 1.165) is 24.9 Å². The van der Waals surface area contributed by atoms with Crippen LogP contribution in [0.15, 0.2) is 36.7 Å². The number of benzene rings is 1. The summed E-state index contributed by atoms with van der Waals surface area (Å²) in [4.78, 5) is 23.1. The summed E-state index contributed by atoms with van der Waals surface area (Å²) in [5.74, 6) is 1.57. The molecule has 1 amide bonds. The Morgan fingerprint density at radius 1 is 1.38 bits per heavy atom. The number of hydrogen-bond acceptors (Lipinski definition) is 6. The Morgan fingerprint density at radius 2 is 2.17 bits per heavy atom. The van der Waals surface area contributed by atoms with Crippen molar-refractivity contribution >= 4 is 29.5 Å². The van der Waals surface area contributed by atoms with Gasteiger partial charge in [-0.05, 0) is 49.6 Å². The van der Waals surface area contributed by atoms with Gasteiger partial charge in [0.2, 0.25) is 11.9 Å². The van der Waals surface area contributed by atoms with Crippen molar-refractivity contribution in [3.05, 3.63) is 47.3 Å². The second-order valence-corrected chi connectivity index (χ2v) is 7.05. The number of amides is 1. The molecule has 1 aliphatic heterocycles. The predicted octanol–water partition coefficient (Wildman–Crippen LogP) is 3.34. The molecule has 154 valence electrons. The van der Waals surface area contributed by atoms with Crippen LogP contribution in [0.3, 0.4) is 0 Å². The molecule has 0 radical (unpaired) electrons. The molecule has 1 fully saturated rings. The van der Waals surface area contributed by atoms with Gasteiger partial charge < -0.3 is 19.7 Å². The summed E-state index contributed by atoms with van der Waals surface area (Å²) in [6.07, 6.45) is 8.56. The fourth-order valence-electron chi connectivity index (χ4n) is 3.27. The van der Waals surface area contributed by atoms with Crippen LogP contribution in [0.5, 0.6) is 11.5 Å². The first-order chi connectivity index (χ1) is 14.1. The number of halogens is 1. The molecule has 0 spiro atoms. The second-order valence-electron chi connectivity index (χ2n) is 6.64. The number of methoxy groups -OCH3 is 1. The number of nitrogens with one attached hydrogen (secondary N) is 1. The zero-order chi connectivity index (χ0) is 20.6. The summed E-state index contributed by atoms with van der Waals surface area (Å²) >= 11 is 6.28. The van der Waals surface area contributed by atoms with E-state index < -0.39 is 0 Å². The van der Waals surface area contributed by atoms with Gasteiger partial charge in [0.1, 0.15) is 0 Å². The minimum absolute atomic E-state index is 0.0446. The lowest BCUT2D eigenvalue weighted by Gasteiger charge is -2.32. The molecule has 2 aromatic rings. The lowest BCUT2D eigenvalue weighted by Crippen LogP contribution is -2.47. The molecule has 1 unspecified atom stereocenters. The SMILES string of the molecule is CCOc1c(Cl)cc(/C=C/C(=O)NC2CCCN(c3ncccn3)C2)cc1OC. The first-order valence-electron chi connectivity index (χ1n) is 9.61. The summed E-state index contributed by atoms with van der Waals surface area (Å²) < 4.78 is 10.9. The van der Waals surface area contributed by atoms with Gasteiger partial charge >= 0.3 is 0 Å². The van der Waals surface area contributed by atoms with Crippen LogP contribution in [-0.2, 0) is 4.79 Å². The molecule has 1 saturated heterocycles. The van der Waals surface area contributed by atoms with Crippen molar-refractivity contribution in [1.29, 1.82) is 0 Å². The largest absolute Gasteiger partial charge is 0.493 e. The van der Waals surface area contributed by atoms with Crippen molar-refractivity contribution in [3.8, 4) is 11.5 Å². The van der Waals surface area contributed by atoms with Gasteiger partial charge in [-0.25, -0.2) is 9.97 Å². The van der Waals surface area contributed by atoms with Crippen LogP contribution in [0.25, 0.3) is 6.08 Å². The predicted molar refractivity (Wildman–Crippen MR) is 114 cm³/mol.